The van der Waals surface area contributed by atoms with Crippen LogP contribution in [0.25, 0.3) is 11.1 Å². The van der Waals surface area contributed by atoms with E-state index in [9.17, 15) is 19.2 Å². The Labute approximate surface area is 260 Å². The van der Waals surface area contributed by atoms with Crippen LogP contribution in [0.2, 0.25) is 0 Å². The Morgan fingerprint density at radius 2 is 0.864 bits per heavy atom. The molecule has 0 aliphatic carbocycles. The summed E-state index contributed by atoms with van der Waals surface area (Å²) in [6, 6.07) is 15.3. The summed E-state index contributed by atoms with van der Waals surface area (Å²) in [7, 11) is 0. The van der Waals surface area contributed by atoms with E-state index in [-0.39, 0.29) is 35.8 Å². The number of likely N-dealkylation sites (tertiary alicyclic amines) is 2. The molecule has 238 valence electrons. The van der Waals surface area contributed by atoms with Crippen molar-refractivity contribution in [1.29, 1.82) is 0 Å². The molecule has 4 rings (SSSR count). The summed E-state index contributed by atoms with van der Waals surface area (Å²) < 4.78 is 10.9. The molecule has 0 radical (unpaired) electrons. The second kappa shape index (κ2) is 13.7. The van der Waals surface area contributed by atoms with Gasteiger partial charge in [-0.2, -0.15) is 0 Å². The Kier molecular flexibility index (Phi) is 10.2. The van der Waals surface area contributed by atoms with Crippen molar-refractivity contribution in [2.75, 3.05) is 36.8 Å². The van der Waals surface area contributed by atoms with Crippen LogP contribution in [0.1, 0.15) is 67.2 Å². The molecule has 10 nitrogen and oxygen atoms in total. The average molecular weight is 607 g/mol. The van der Waals surface area contributed by atoms with Gasteiger partial charge in [-0.05, 0) is 103 Å². The molecule has 2 N–H and O–H groups in total. The molecule has 10 heteroatoms. The van der Waals surface area contributed by atoms with E-state index in [0.717, 1.165) is 22.5 Å². The number of ether oxygens (including phenoxy) is 2. The van der Waals surface area contributed by atoms with Crippen molar-refractivity contribution < 1.29 is 28.7 Å². The topological polar surface area (TPSA) is 117 Å². The van der Waals surface area contributed by atoms with Crippen LogP contribution in [0.5, 0.6) is 0 Å². The van der Waals surface area contributed by atoms with Crippen molar-refractivity contribution in [1.82, 2.24) is 9.80 Å². The van der Waals surface area contributed by atoms with Gasteiger partial charge in [0.1, 0.15) is 11.2 Å². The van der Waals surface area contributed by atoms with E-state index in [4.69, 9.17) is 9.47 Å². The minimum atomic E-state index is -0.541. The fourth-order valence-corrected chi connectivity index (χ4v) is 5.28. The average Bonchev–Trinajstić information content (AvgIpc) is 2.96. The lowest BCUT2D eigenvalue weighted by Crippen LogP contribution is -2.43. The van der Waals surface area contributed by atoms with Gasteiger partial charge in [-0.3, -0.25) is 9.59 Å². The molecule has 0 spiro atoms. The Morgan fingerprint density at radius 1 is 0.568 bits per heavy atom. The molecule has 2 fully saturated rings. The third-order valence-corrected chi connectivity index (χ3v) is 7.67. The summed E-state index contributed by atoms with van der Waals surface area (Å²) in [6.07, 6.45) is 1.71. The first kappa shape index (κ1) is 32.8. The Bertz CT molecular complexity index is 1210. The summed E-state index contributed by atoms with van der Waals surface area (Å²) in [5.41, 5.74) is 2.33. The van der Waals surface area contributed by atoms with Crippen molar-refractivity contribution in [3.63, 3.8) is 0 Å². The SMILES string of the molecule is CC(C)(C)OC(=O)N1CCC(C(=O)Nc2ccc(-c3ccc(NC(=O)C4CCN(C(=O)OC(C)(C)C)CC4)cc3)cc2)CC1. The highest BCUT2D eigenvalue weighted by molar-refractivity contribution is 5.94. The minimum absolute atomic E-state index is 0.0443. The molecule has 2 aromatic rings. The molecule has 4 amide bonds. The molecular weight excluding hydrogens is 560 g/mol. The van der Waals surface area contributed by atoms with Gasteiger partial charge in [-0.15, -0.1) is 0 Å². The highest BCUT2D eigenvalue weighted by Crippen LogP contribution is 2.26. The molecule has 2 aliphatic heterocycles. The molecule has 2 aromatic carbocycles. The van der Waals surface area contributed by atoms with E-state index < -0.39 is 11.2 Å². The molecule has 0 aromatic heterocycles. The predicted molar refractivity (Wildman–Crippen MR) is 170 cm³/mol. The van der Waals surface area contributed by atoms with Crippen LogP contribution in [0, 0.1) is 11.8 Å². The largest absolute Gasteiger partial charge is 0.444 e. The van der Waals surface area contributed by atoms with Crippen LogP contribution in [0.15, 0.2) is 48.5 Å². The van der Waals surface area contributed by atoms with Gasteiger partial charge in [0.05, 0.1) is 0 Å². The number of benzene rings is 2. The van der Waals surface area contributed by atoms with Crippen molar-refractivity contribution in [3.05, 3.63) is 48.5 Å². The molecule has 0 bridgehead atoms. The van der Waals surface area contributed by atoms with Crippen LogP contribution < -0.4 is 10.6 Å². The van der Waals surface area contributed by atoms with Crippen molar-refractivity contribution in [3.8, 4) is 11.1 Å². The third-order valence-electron chi connectivity index (χ3n) is 7.67. The van der Waals surface area contributed by atoms with Gasteiger partial charge in [0.15, 0.2) is 0 Å². The Balaban J connectivity index is 1.22. The van der Waals surface area contributed by atoms with E-state index >= 15 is 0 Å². The molecule has 2 heterocycles. The van der Waals surface area contributed by atoms with Gasteiger partial charge in [0.2, 0.25) is 11.8 Å². The van der Waals surface area contributed by atoms with E-state index in [0.29, 0.717) is 51.9 Å². The van der Waals surface area contributed by atoms with Crippen molar-refractivity contribution in [2.24, 2.45) is 11.8 Å². The summed E-state index contributed by atoms with van der Waals surface area (Å²) in [4.78, 5) is 53.6. The van der Waals surface area contributed by atoms with Crippen molar-refractivity contribution >= 4 is 35.4 Å². The van der Waals surface area contributed by atoms with Crippen LogP contribution >= 0.6 is 0 Å². The van der Waals surface area contributed by atoms with Crippen molar-refractivity contribution in [2.45, 2.75) is 78.4 Å². The normalized spacial score (nSPS) is 16.7. The lowest BCUT2D eigenvalue weighted by Gasteiger charge is -2.33. The Morgan fingerprint density at radius 3 is 1.14 bits per heavy atom. The Hall–Kier alpha value is -4.08. The maximum Gasteiger partial charge on any atom is 0.410 e. The predicted octanol–water partition coefficient (Wildman–Crippen LogP) is 6.52. The number of nitrogens with one attached hydrogen (secondary N) is 2. The zero-order valence-corrected chi connectivity index (χ0v) is 26.8. The minimum Gasteiger partial charge on any atom is -0.444 e. The molecule has 0 saturated carbocycles. The monoisotopic (exact) mass is 606 g/mol. The fourth-order valence-electron chi connectivity index (χ4n) is 5.28. The third kappa shape index (κ3) is 9.46. The van der Waals surface area contributed by atoms with Gasteiger partial charge in [0.25, 0.3) is 0 Å². The van der Waals surface area contributed by atoms with Gasteiger partial charge in [0, 0.05) is 49.4 Å². The number of carbonyl (C=O) groups excluding carboxylic acids is 4. The smallest absolute Gasteiger partial charge is 0.410 e. The summed E-state index contributed by atoms with van der Waals surface area (Å²) in [6.45, 7) is 13.0. The van der Waals surface area contributed by atoms with Crippen LogP contribution in [-0.2, 0) is 19.1 Å². The maximum absolute atomic E-state index is 12.9. The molecule has 2 saturated heterocycles. The molecular formula is C34H46N4O6. The van der Waals surface area contributed by atoms with Crippen LogP contribution in [0.4, 0.5) is 21.0 Å². The van der Waals surface area contributed by atoms with Crippen LogP contribution in [-0.4, -0.2) is 71.2 Å². The summed E-state index contributed by atoms with van der Waals surface area (Å²) in [5.74, 6) is -0.406. The van der Waals surface area contributed by atoms with E-state index in [1.54, 1.807) is 9.80 Å². The van der Waals surface area contributed by atoms with Gasteiger partial charge >= 0.3 is 12.2 Å². The number of hydrogen-bond acceptors (Lipinski definition) is 6. The van der Waals surface area contributed by atoms with Gasteiger partial charge in [-0.25, -0.2) is 9.59 Å². The van der Waals surface area contributed by atoms with Crippen LogP contribution in [0.3, 0.4) is 0 Å². The number of rotatable bonds is 5. The summed E-state index contributed by atoms with van der Waals surface area (Å²) >= 11 is 0. The summed E-state index contributed by atoms with van der Waals surface area (Å²) in [5, 5.41) is 6.01. The number of anilines is 2. The van der Waals surface area contributed by atoms with Gasteiger partial charge in [-0.1, -0.05) is 24.3 Å². The zero-order chi connectivity index (χ0) is 32.1. The number of carbonyl (C=O) groups is 4. The first-order valence-electron chi connectivity index (χ1n) is 15.4. The number of nitrogens with zero attached hydrogens (tertiary/aromatic N) is 2. The first-order chi connectivity index (χ1) is 20.7. The fraction of sp³-hybridized carbons (Fsp3) is 0.529. The second-order valence-corrected chi connectivity index (χ2v) is 13.6. The number of amides is 4. The molecule has 0 atom stereocenters. The standard InChI is InChI=1S/C34H46N4O6/c1-33(2,3)43-31(41)37-19-15-25(16-20-37)29(39)35-27-11-7-23(8-12-27)24-9-13-28(14-10-24)36-30(40)26-17-21-38(22-18-26)32(42)44-34(4,5)6/h7-14,25-26H,15-22H2,1-6H3,(H,35,39)(H,36,40). The lowest BCUT2D eigenvalue weighted by molar-refractivity contribution is -0.122. The number of hydrogen-bond donors (Lipinski definition) is 2. The quantitative estimate of drug-likeness (QED) is 0.400. The lowest BCUT2D eigenvalue weighted by atomic mass is 9.96. The number of piperidine rings is 2. The second-order valence-electron chi connectivity index (χ2n) is 13.6. The first-order valence-corrected chi connectivity index (χ1v) is 15.4. The molecule has 2 aliphatic rings. The van der Waals surface area contributed by atoms with E-state index in [1.807, 2.05) is 90.1 Å². The molecule has 44 heavy (non-hydrogen) atoms. The van der Waals surface area contributed by atoms with E-state index in [1.165, 1.54) is 0 Å². The zero-order valence-electron chi connectivity index (χ0n) is 26.8. The van der Waals surface area contributed by atoms with Gasteiger partial charge < -0.3 is 29.9 Å². The molecule has 0 unspecified atom stereocenters. The highest BCUT2D eigenvalue weighted by Gasteiger charge is 2.31. The van der Waals surface area contributed by atoms with E-state index in [2.05, 4.69) is 10.6 Å². The highest BCUT2D eigenvalue weighted by atomic mass is 16.6. The maximum atomic E-state index is 12.9.